The Hall–Kier alpha value is -2.95. The lowest BCUT2D eigenvalue weighted by atomic mass is 10.1. The smallest absolute Gasteiger partial charge is 0.163 e. The van der Waals surface area contributed by atoms with E-state index in [1.165, 1.54) is 0 Å². The van der Waals surface area contributed by atoms with Crippen molar-refractivity contribution in [3.05, 3.63) is 88.4 Å². The van der Waals surface area contributed by atoms with Crippen LogP contribution in [-0.4, -0.2) is 15.7 Å². The van der Waals surface area contributed by atoms with E-state index < -0.39 is 0 Å². The number of fused-ring (bicyclic) bond motifs is 1. The van der Waals surface area contributed by atoms with Crippen LogP contribution in [0.2, 0.25) is 10.0 Å². The van der Waals surface area contributed by atoms with E-state index in [2.05, 4.69) is 20.5 Å². The molecule has 0 bridgehead atoms. The van der Waals surface area contributed by atoms with E-state index in [1.807, 2.05) is 67.6 Å². The molecule has 0 aliphatic carbocycles. The van der Waals surface area contributed by atoms with Crippen molar-refractivity contribution in [3.63, 3.8) is 0 Å². The Kier molecular flexibility index (Phi) is 5.24. The molecule has 0 saturated heterocycles. The molecule has 0 saturated carbocycles. The minimum Gasteiger partial charge on any atom is -0.260 e. The van der Waals surface area contributed by atoms with Crippen molar-refractivity contribution in [2.24, 2.45) is 5.10 Å². The maximum Gasteiger partial charge on any atom is 0.163 e. The van der Waals surface area contributed by atoms with Crippen molar-refractivity contribution >= 4 is 45.6 Å². The van der Waals surface area contributed by atoms with Gasteiger partial charge in [0, 0.05) is 16.0 Å². The van der Waals surface area contributed by atoms with Crippen LogP contribution in [0.25, 0.3) is 22.3 Å². The molecule has 4 rings (SSSR count). The van der Waals surface area contributed by atoms with Gasteiger partial charge in [0.25, 0.3) is 0 Å². The highest BCUT2D eigenvalue weighted by Crippen LogP contribution is 2.31. The third-order valence-corrected chi connectivity index (χ3v) is 4.84. The molecule has 1 aromatic heterocycles. The van der Waals surface area contributed by atoms with Crippen LogP contribution in [0.15, 0.2) is 77.9 Å². The quantitative estimate of drug-likeness (QED) is 0.313. The van der Waals surface area contributed by atoms with E-state index in [1.54, 1.807) is 12.1 Å². The third-order valence-electron chi connectivity index (χ3n) is 4.30. The van der Waals surface area contributed by atoms with Crippen molar-refractivity contribution < 1.29 is 0 Å². The van der Waals surface area contributed by atoms with Crippen LogP contribution in [0.3, 0.4) is 0 Å². The summed E-state index contributed by atoms with van der Waals surface area (Å²) in [4.78, 5) is 9.33. The number of para-hydroxylation sites is 1. The zero-order valence-electron chi connectivity index (χ0n) is 15.0. The molecular weight excluding hydrogens is 391 g/mol. The molecule has 0 radical (unpaired) electrons. The average molecular weight is 407 g/mol. The predicted molar refractivity (Wildman–Crippen MR) is 117 cm³/mol. The van der Waals surface area contributed by atoms with Crippen molar-refractivity contribution in [3.8, 4) is 11.4 Å². The lowest BCUT2D eigenvalue weighted by molar-refractivity contribution is 1.18. The number of halogens is 2. The summed E-state index contributed by atoms with van der Waals surface area (Å²) in [5.41, 5.74) is 6.50. The second kappa shape index (κ2) is 7.97. The molecule has 4 aromatic rings. The van der Waals surface area contributed by atoms with Crippen molar-refractivity contribution in [2.75, 3.05) is 5.43 Å². The maximum absolute atomic E-state index is 6.36. The number of rotatable bonds is 4. The number of hydrogen-bond donors (Lipinski definition) is 1. The van der Waals surface area contributed by atoms with Crippen LogP contribution in [0.1, 0.15) is 12.5 Å². The SMILES string of the molecule is C/C(=N/Nc1nc(-c2ccc(Cl)cc2Cl)nc2ccccc12)c1ccccc1. The molecule has 1 N–H and O–H groups in total. The van der Waals surface area contributed by atoms with Gasteiger partial charge in [0.05, 0.1) is 16.3 Å². The van der Waals surface area contributed by atoms with Gasteiger partial charge in [-0.2, -0.15) is 5.10 Å². The fourth-order valence-electron chi connectivity index (χ4n) is 2.83. The normalized spacial score (nSPS) is 11.6. The summed E-state index contributed by atoms with van der Waals surface area (Å²) in [6, 6.07) is 23.0. The minimum atomic E-state index is 0.498. The highest BCUT2D eigenvalue weighted by atomic mass is 35.5. The molecule has 0 fully saturated rings. The Morgan fingerprint density at radius 1 is 0.893 bits per heavy atom. The Morgan fingerprint density at radius 3 is 2.43 bits per heavy atom. The van der Waals surface area contributed by atoms with Gasteiger partial charge in [-0.15, -0.1) is 0 Å². The van der Waals surface area contributed by atoms with Crippen LogP contribution in [-0.2, 0) is 0 Å². The summed E-state index contributed by atoms with van der Waals surface area (Å²) in [6.45, 7) is 1.95. The van der Waals surface area contributed by atoms with Crippen LogP contribution in [0.5, 0.6) is 0 Å². The molecule has 0 atom stereocenters. The number of hydrogen-bond acceptors (Lipinski definition) is 4. The van der Waals surface area contributed by atoms with Gasteiger partial charge in [-0.05, 0) is 42.8 Å². The second-order valence-electron chi connectivity index (χ2n) is 6.21. The van der Waals surface area contributed by atoms with Crippen LogP contribution in [0.4, 0.5) is 5.82 Å². The number of hydrazone groups is 1. The fraction of sp³-hybridized carbons (Fsp3) is 0.0455. The first-order valence-electron chi connectivity index (χ1n) is 8.70. The van der Waals surface area contributed by atoms with Gasteiger partial charge in [0.15, 0.2) is 11.6 Å². The van der Waals surface area contributed by atoms with E-state index in [-0.39, 0.29) is 0 Å². The first kappa shape index (κ1) is 18.4. The summed E-state index contributed by atoms with van der Waals surface area (Å²) < 4.78 is 0. The van der Waals surface area contributed by atoms with Crippen LogP contribution in [0, 0.1) is 0 Å². The number of nitrogens with one attached hydrogen (secondary N) is 1. The Bertz CT molecular complexity index is 1170. The topological polar surface area (TPSA) is 50.2 Å². The first-order valence-corrected chi connectivity index (χ1v) is 9.45. The zero-order valence-corrected chi connectivity index (χ0v) is 16.5. The van der Waals surface area contributed by atoms with Crippen molar-refractivity contribution in [1.82, 2.24) is 9.97 Å². The highest BCUT2D eigenvalue weighted by molar-refractivity contribution is 6.36. The molecule has 0 unspecified atom stereocenters. The first-order chi connectivity index (χ1) is 13.6. The fourth-order valence-corrected chi connectivity index (χ4v) is 3.33. The van der Waals surface area contributed by atoms with Gasteiger partial charge < -0.3 is 0 Å². The van der Waals surface area contributed by atoms with Crippen molar-refractivity contribution in [1.29, 1.82) is 0 Å². The average Bonchev–Trinajstić information content (AvgIpc) is 2.72. The van der Waals surface area contributed by atoms with Gasteiger partial charge in [0.2, 0.25) is 0 Å². The maximum atomic E-state index is 6.36. The summed E-state index contributed by atoms with van der Waals surface area (Å²) in [7, 11) is 0. The van der Waals surface area contributed by atoms with E-state index in [4.69, 9.17) is 23.2 Å². The van der Waals surface area contributed by atoms with Gasteiger partial charge in [-0.3, -0.25) is 5.43 Å². The Balaban J connectivity index is 1.79. The number of anilines is 1. The van der Waals surface area contributed by atoms with E-state index in [9.17, 15) is 0 Å². The van der Waals surface area contributed by atoms with Crippen LogP contribution < -0.4 is 5.43 Å². The molecule has 4 nitrogen and oxygen atoms in total. The number of aromatic nitrogens is 2. The molecule has 0 spiro atoms. The Morgan fingerprint density at radius 2 is 1.64 bits per heavy atom. The predicted octanol–water partition coefficient (Wildman–Crippen LogP) is 6.44. The number of nitrogens with zero attached hydrogens (tertiary/aromatic N) is 3. The molecule has 0 aliphatic rings. The Labute approximate surface area is 172 Å². The monoisotopic (exact) mass is 406 g/mol. The molecular formula is C22H16Cl2N4. The molecule has 28 heavy (non-hydrogen) atoms. The number of benzene rings is 3. The minimum absolute atomic E-state index is 0.498. The van der Waals surface area contributed by atoms with Gasteiger partial charge in [0.1, 0.15) is 0 Å². The molecule has 138 valence electrons. The van der Waals surface area contributed by atoms with Crippen molar-refractivity contribution in [2.45, 2.75) is 6.92 Å². The van der Waals surface area contributed by atoms with Gasteiger partial charge in [-0.25, -0.2) is 9.97 Å². The summed E-state index contributed by atoms with van der Waals surface area (Å²) in [5.74, 6) is 1.12. The van der Waals surface area contributed by atoms with Gasteiger partial charge >= 0.3 is 0 Å². The zero-order chi connectivity index (χ0) is 19.5. The molecule has 3 aromatic carbocycles. The lowest BCUT2D eigenvalue weighted by Crippen LogP contribution is -2.03. The lowest BCUT2D eigenvalue weighted by Gasteiger charge is -2.10. The summed E-state index contributed by atoms with van der Waals surface area (Å²) >= 11 is 12.4. The van der Waals surface area contributed by atoms with E-state index >= 15 is 0 Å². The standard InChI is InChI=1S/C22H16Cl2N4/c1-14(15-7-3-2-4-8-15)27-28-22-18-9-5-6-10-20(18)25-21(26-22)17-12-11-16(23)13-19(17)24/h2-13H,1H3,(H,25,26,28)/b27-14-. The van der Waals surface area contributed by atoms with E-state index in [0.29, 0.717) is 27.3 Å². The van der Waals surface area contributed by atoms with E-state index in [0.717, 1.165) is 22.2 Å². The van der Waals surface area contributed by atoms with Crippen LogP contribution >= 0.6 is 23.2 Å². The summed E-state index contributed by atoms with van der Waals surface area (Å²) in [6.07, 6.45) is 0. The largest absolute Gasteiger partial charge is 0.260 e. The summed E-state index contributed by atoms with van der Waals surface area (Å²) in [5, 5.41) is 6.45. The molecule has 1 heterocycles. The van der Waals surface area contributed by atoms with Gasteiger partial charge in [-0.1, -0.05) is 65.7 Å². The molecule has 6 heteroatoms. The third kappa shape index (κ3) is 3.84. The highest BCUT2D eigenvalue weighted by Gasteiger charge is 2.12. The molecule has 0 amide bonds. The second-order valence-corrected chi connectivity index (χ2v) is 7.06. The molecule has 0 aliphatic heterocycles.